The van der Waals surface area contributed by atoms with Gasteiger partial charge in [-0.05, 0) is 23.6 Å². The van der Waals surface area contributed by atoms with Crippen molar-refractivity contribution >= 4 is 15.9 Å². The molecule has 6 heteroatoms. The fourth-order valence-corrected chi connectivity index (χ4v) is 2.68. The zero-order valence-electron chi connectivity index (χ0n) is 12.2. The second kappa shape index (κ2) is 7.81. The Hall–Kier alpha value is -1.84. The number of benzene rings is 1. The Kier molecular flexibility index (Phi) is 6.40. The Balaban J connectivity index is 2.57. The molecule has 0 bridgehead atoms. The van der Waals surface area contributed by atoms with Crippen LogP contribution in [-0.2, 0) is 14.8 Å². The second-order valence-electron chi connectivity index (χ2n) is 4.85. The molecule has 21 heavy (non-hydrogen) atoms. The van der Waals surface area contributed by atoms with Crippen molar-refractivity contribution in [2.24, 2.45) is 0 Å². The number of hydrogen-bond donors (Lipinski definition) is 2. The van der Waals surface area contributed by atoms with Gasteiger partial charge in [-0.25, -0.2) is 13.1 Å². The van der Waals surface area contributed by atoms with Gasteiger partial charge in [0.15, 0.2) is 0 Å². The summed E-state index contributed by atoms with van der Waals surface area (Å²) in [4.78, 5) is 11.5. The molecule has 0 heterocycles. The predicted molar refractivity (Wildman–Crippen MR) is 82.2 cm³/mol. The minimum Gasteiger partial charge on any atom is -0.345 e. The summed E-state index contributed by atoms with van der Waals surface area (Å²) in [6, 6.07) is 6.71. The lowest BCUT2D eigenvalue weighted by Gasteiger charge is -2.09. The molecule has 1 aromatic rings. The summed E-state index contributed by atoms with van der Waals surface area (Å²) in [6.07, 6.45) is 5.05. The van der Waals surface area contributed by atoms with Crippen LogP contribution in [0, 0.1) is 12.3 Å². The highest BCUT2D eigenvalue weighted by Crippen LogP contribution is 2.17. The van der Waals surface area contributed by atoms with Crippen LogP contribution >= 0.6 is 0 Å². The number of nitrogens with one attached hydrogen (secondary N) is 2. The first-order valence-electron chi connectivity index (χ1n) is 6.66. The number of carbonyl (C=O) groups is 1. The first-order chi connectivity index (χ1) is 9.86. The molecule has 0 aliphatic rings. The summed E-state index contributed by atoms with van der Waals surface area (Å²) < 4.78 is 26.5. The molecule has 0 aliphatic heterocycles. The molecule has 1 aromatic carbocycles. The van der Waals surface area contributed by atoms with E-state index in [9.17, 15) is 13.2 Å². The van der Waals surface area contributed by atoms with Crippen LogP contribution in [0.4, 0.5) is 0 Å². The summed E-state index contributed by atoms with van der Waals surface area (Å²) >= 11 is 0. The van der Waals surface area contributed by atoms with Crippen LogP contribution in [0.3, 0.4) is 0 Å². The standard InChI is InChI=1S/C15H20N2O3S/c1-4-10-16-15(18)9-11-17-21(19,20)14-7-5-13(6-8-14)12(2)3/h1,5-8,12,17H,9-11H2,2-3H3,(H,16,18). The van der Waals surface area contributed by atoms with E-state index in [1.165, 1.54) is 0 Å². The predicted octanol–water partition coefficient (Wildman–Crippen LogP) is 1.23. The molecule has 1 rings (SSSR count). The first-order valence-corrected chi connectivity index (χ1v) is 8.15. The summed E-state index contributed by atoms with van der Waals surface area (Å²) in [5, 5.41) is 2.47. The Labute approximate surface area is 126 Å². The molecule has 0 saturated carbocycles. The molecule has 0 spiro atoms. The summed E-state index contributed by atoms with van der Waals surface area (Å²) in [6.45, 7) is 4.25. The monoisotopic (exact) mass is 308 g/mol. The average molecular weight is 308 g/mol. The lowest BCUT2D eigenvalue weighted by Crippen LogP contribution is -2.30. The molecule has 0 atom stereocenters. The maximum Gasteiger partial charge on any atom is 0.240 e. The van der Waals surface area contributed by atoms with E-state index in [-0.39, 0.29) is 30.3 Å². The first kappa shape index (κ1) is 17.2. The molecular weight excluding hydrogens is 288 g/mol. The molecule has 2 N–H and O–H groups in total. The summed E-state index contributed by atoms with van der Waals surface area (Å²) in [7, 11) is -3.59. The third kappa shape index (κ3) is 5.58. The van der Waals surface area contributed by atoms with Crippen LogP contribution in [0.15, 0.2) is 29.2 Å². The van der Waals surface area contributed by atoms with Gasteiger partial charge in [-0.3, -0.25) is 4.79 Å². The molecule has 0 aliphatic carbocycles. The SMILES string of the molecule is C#CCNC(=O)CCNS(=O)(=O)c1ccc(C(C)C)cc1. The Morgan fingerprint density at radius 2 is 1.90 bits per heavy atom. The topological polar surface area (TPSA) is 75.3 Å². The van der Waals surface area contributed by atoms with Crippen LogP contribution in [0.2, 0.25) is 0 Å². The van der Waals surface area contributed by atoms with Gasteiger partial charge in [0.05, 0.1) is 11.4 Å². The fourth-order valence-electron chi connectivity index (χ4n) is 1.65. The number of amides is 1. The molecule has 0 radical (unpaired) electrons. The second-order valence-corrected chi connectivity index (χ2v) is 6.62. The average Bonchev–Trinajstić information content (AvgIpc) is 2.45. The minimum absolute atomic E-state index is 0.0324. The highest BCUT2D eigenvalue weighted by molar-refractivity contribution is 7.89. The van der Waals surface area contributed by atoms with Crippen molar-refractivity contribution < 1.29 is 13.2 Å². The summed E-state index contributed by atoms with van der Waals surface area (Å²) in [5.41, 5.74) is 1.07. The molecule has 1 amide bonds. The van der Waals surface area contributed by atoms with Gasteiger partial charge < -0.3 is 5.32 Å². The molecule has 114 valence electrons. The zero-order chi connectivity index (χ0) is 15.9. The van der Waals surface area contributed by atoms with E-state index in [1.54, 1.807) is 24.3 Å². The van der Waals surface area contributed by atoms with Gasteiger partial charge in [-0.15, -0.1) is 6.42 Å². The lowest BCUT2D eigenvalue weighted by molar-refractivity contribution is -0.120. The van der Waals surface area contributed by atoms with E-state index in [2.05, 4.69) is 16.0 Å². The molecule has 5 nitrogen and oxygen atoms in total. The van der Waals surface area contributed by atoms with E-state index < -0.39 is 10.0 Å². The number of terminal acetylenes is 1. The van der Waals surface area contributed by atoms with Crippen molar-refractivity contribution in [3.8, 4) is 12.3 Å². The lowest BCUT2D eigenvalue weighted by atomic mass is 10.0. The normalized spacial score (nSPS) is 11.1. The van der Waals surface area contributed by atoms with Crippen molar-refractivity contribution in [2.45, 2.75) is 31.1 Å². The maximum absolute atomic E-state index is 12.0. The smallest absolute Gasteiger partial charge is 0.240 e. The third-order valence-corrected chi connectivity index (χ3v) is 4.37. The van der Waals surface area contributed by atoms with Crippen LogP contribution in [0.5, 0.6) is 0 Å². The Morgan fingerprint density at radius 3 is 2.43 bits per heavy atom. The molecule has 0 fully saturated rings. The van der Waals surface area contributed by atoms with Gasteiger partial charge in [-0.2, -0.15) is 0 Å². The Bertz CT molecular complexity index is 613. The van der Waals surface area contributed by atoms with Gasteiger partial charge >= 0.3 is 0 Å². The van der Waals surface area contributed by atoms with Crippen molar-refractivity contribution in [1.29, 1.82) is 0 Å². The van der Waals surface area contributed by atoms with Crippen LogP contribution in [0.25, 0.3) is 0 Å². The highest BCUT2D eigenvalue weighted by Gasteiger charge is 2.14. The quantitative estimate of drug-likeness (QED) is 0.744. The van der Waals surface area contributed by atoms with E-state index in [1.807, 2.05) is 13.8 Å². The number of rotatable bonds is 7. The van der Waals surface area contributed by atoms with E-state index in [0.29, 0.717) is 5.92 Å². The van der Waals surface area contributed by atoms with Crippen molar-refractivity contribution in [1.82, 2.24) is 10.0 Å². The number of sulfonamides is 1. The fraction of sp³-hybridized carbons (Fsp3) is 0.400. The van der Waals surface area contributed by atoms with Crippen LogP contribution in [-0.4, -0.2) is 27.4 Å². The number of carbonyl (C=O) groups excluding carboxylic acids is 1. The third-order valence-electron chi connectivity index (χ3n) is 2.89. The van der Waals surface area contributed by atoms with Gasteiger partial charge in [0.2, 0.25) is 15.9 Å². The van der Waals surface area contributed by atoms with Crippen molar-refractivity contribution in [3.63, 3.8) is 0 Å². The van der Waals surface area contributed by atoms with Crippen molar-refractivity contribution in [3.05, 3.63) is 29.8 Å². The maximum atomic E-state index is 12.0. The summed E-state index contributed by atoms with van der Waals surface area (Å²) in [5.74, 6) is 2.33. The number of hydrogen-bond acceptors (Lipinski definition) is 3. The van der Waals surface area contributed by atoms with E-state index >= 15 is 0 Å². The van der Waals surface area contributed by atoms with Crippen LogP contribution in [0.1, 0.15) is 31.7 Å². The largest absolute Gasteiger partial charge is 0.345 e. The van der Waals surface area contributed by atoms with Gasteiger partial charge in [0.1, 0.15) is 0 Å². The Morgan fingerprint density at radius 1 is 1.29 bits per heavy atom. The van der Waals surface area contributed by atoms with E-state index in [0.717, 1.165) is 5.56 Å². The van der Waals surface area contributed by atoms with Gasteiger partial charge in [0, 0.05) is 13.0 Å². The van der Waals surface area contributed by atoms with Gasteiger partial charge in [0.25, 0.3) is 0 Å². The molecule has 0 unspecified atom stereocenters. The van der Waals surface area contributed by atoms with Crippen LogP contribution < -0.4 is 10.0 Å². The molecule has 0 saturated heterocycles. The highest BCUT2D eigenvalue weighted by atomic mass is 32.2. The molecule has 0 aromatic heterocycles. The van der Waals surface area contributed by atoms with Crippen molar-refractivity contribution in [2.75, 3.05) is 13.1 Å². The van der Waals surface area contributed by atoms with E-state index in [4.69, 9.17) is 6.42 Å². The minimum atomic E-state index is -3.59. The van der Waals surface area contributed by atoms with Gasteiger partial charge in [-0.1, -0.05) is 31.9 Å². The zero-order valence-corrected chi connectivity index (χ0v) is 13.0. The molecular formula is C15H20N2O3S.